The number of unbranched alkanes of at least 4 members (excludes halogenated alkanes) is 2. The highest BCUT2D eigenvalue weighted by molar-refractivity contribution is 5.75. The maximum Gasteiger partial charge on any atom is 0.303 e. The van der Waals surface area contributed by atoms with Gasteiger partial charge in [0.05, 0.1) is 0 Å². The molecule has 0 heterocycles. The summed E-state index contributed by atoms with van der Waals surface area (Å²) in [6.07, 6.45) is 4.32. The number of carboxylic acid groups (broad SMARTS) is 1. The lowest BCUT2D eigenvalue weighted by molar-refractivity contribution is -0.137. The van der Waals surface area contributed by atoms with Crippen molar-refractivity contribution in [3.63, 3.8) is 0 Å². The second kappa shape index (κ2) is 12.9. The molecule has 0 aromatic carbocycles. The highest BCUT2D eigenvalue weighted by atomic mass is 16.5. The molecule has 0 spiro atoms. The van der Waals surface area contributed by atoms with Crippen molar-refractivity contribution in [1.29, 1.82) is 0 Å². The average Bonchev–Trinajstić information content (AvgIpc) is 2.19. The molecule has 0 saturated heterocycles. The molecule has 0 aliphatic rings. The molecule has 5 heteroatoms. The van der Waals surface area contributed by atoms with Crippen molar-refractivity contribution in [2.24, 2.45) is 0 Å². The molecule has 3 N–H and O–H groups in total. The van der Waals surface area contributed by atoms with Gasteiger partial charge in [-0.3, -0.25) is 14.8 Å². The van der Waals surface area contributed by atoms with Gasteiger partial charge in [-0.15, -0.1) is 0 Å². The van der Waals surface area contributed by atoms with Crippen molar-refractivity contribution in [2.75, 3.05) is 0 Å². The maximum atomic E-state index is 10.2. The van der Waals surface area contributed by atoms with E-state index in [-0.39, 0.29) is 19.3 Å². The van der Waals surface area contributed by atoms with Crippen LogP contribution in [0.15, 0.2) is 0 Å². The fourth-order valence-corrected chi connectivity index (χ4v) is 0.810. The lowest BCUT2D eigenvalue weighted by Crippen LogP contribution is -2.18. The Kier molecular flexibility index (Phi) is 14.0. The zero-order valence-corrected chi connectivity index (χ0v) is 9.45. The van der Waals surface area contributed by atoms with E-state index in [9.17, 15) is 9.59 Å². The molecule has 0 aromatic heterocycles. The fourth-order valence-electron chi connectivity index (χ4n) is 0.810. The minimum atomic E-state index is -0.939. The summed E-state index contributed by atoms with van der Waals surface area (Å²) in [4.78, 5) is 20.1. The van der Waals surface area contributed by atoms with Crippen LogP contribution in [0.4, 0.5) is 0 Å². The highest BCUT2D eigenvalue weighted by Crippen LogP contribution is 1.93. The number of hydroxylamine groups is 1. The number of carboxylic acids is 1. The summed E-state index contributed by atoms with van der Waals surface area (Å²) in [7, 11) is 0. The lowest BCUT2D eigenvalue weighted by atomic mass is 10.2. The molecule has 0 aliphatic carbocycles. The minimum absolute atomic E-state index is 0.0444. The predicted molar refractivity (Wildman–Crippen MR) is 56.6 cm³/mol. The molecule has 90 valence electrons. The molecule has 1 amide bonds. The molecular formula is C10H21NO4. The van der Waals surface area contributed by atoms with E-state index in [1.165, 1.54) is 24.7 Å². The summed E-state index contributed by atoms with van der Waals surface area (Å²) >= 11 is 0. The van der Waals surface area contributed by atoms with E-state index < -0.39 is 11.9 Å². The molecule has 0 unspecified atom stereocenters. The van der Waals surface area contributed by atoms with Gasteiger partial charge in [0.1, 0.15) is 0 Å². The SMILES string of the molecule is CCCCC.O=C(O)CCCC(=O)NO. The predicted octanol–water partition coefficient (Wildman–Crippen LogP) is 1.94. The first-order valence-electron chi connectivity index (χ1n) is 5.23. The van der Waals surface area contributed by atoms with Crippen LogP contribution in [0.1, 0.15) is 52.4 Å². The molecule has 0 rings (SSSR count). The van der Waals surface area contributed by atoms with Gasteiger partial charge in [-0.1, -0.05) is 33.1 Å². The summed E-state index contributed by atoms with van der Waals surface area (Å²) in [5.74, 6) is -1.49. The number of amides is 1. The highest BCUT2D eigenvalue weighted by Gasteiger charge is 2.00. The van der Waals surface area contributed by atoms with E-state index in [2.05, 4.69) is 13.8 Å². The number of hydrogen-bond acceptors (Lipinski definition) is 3. The smallest absolute Gasteiger partial charge is 0.303 e. The molecule has 0 saturated carbocycles. The van der Waals surface area contributed by atoms with Crippen LogP contribution in [0.3, 0.4) is 0 Å². The van der Waals surface area contributed by atoms with Gasteiger partial charge in [0.15, 0.2) is 0 Å². The Morgan fingerprint density at radius 3 is 1.87 bits per heavy atom. The molecule has 5 nitrogen and oxygen atoms in total. The number of aliphatic carboxylic acids is 1. The zero-order valence-electron chi connectivity index (χ0n) is 9.45. The molecule has 0 fully saturated rings. The summed E-state index contributed by atoms with van der Waals surface area (Å²) < 4.78 is 0. The quantitative estimate of drug-likeness (QED) is 0.470. The topological polar surface area (TPSA) is 86.6 Å². The third-order valence-corrected chi connectivity index (χ3v) is 1.63. The summed E-state index contributed by atoms with van der Waals surface area (Å²) in [5.41, 5.74) is 1.41. The summed E-state index contributed by atoms with van der Waals surface area (Å²) in [6.45, 7) is 4.42. The average molecular weight is 219 g/mol. The van der Waals surface area contributed by atoms with Crippen LogP contribution in [-0.2, 0) is 9.59 Å². The number of carbonyl (C=O) groups is 2. The van der Waals surface area contributed by atoms with Gasteiger partial charge < -0.3 is 5.11 Å². The lowest BCUT2D eigenvalue weighted by Gasteiger charge is -1.94. The molecule has 0 aromatic rings. The van der Waals surface area contributed by atoms with Crippen LogP contribution in [-0.4, -0.2) is 22.2 Å². The Morgan fingerprint density at radius 2 is 1.60 bits per heavy atom. The first-order valence-corrected chi connectivity index (χ1v) is 5.23. The van der Waals surface area contributed by atoms with Gasteiger partial charge in [-0.2, -0.15) is 0 Å². The van der Waals surface area contributed by atoms with Gasteiger partial charge in [-0.05, 0) is 6.42 Å². The molecule has 15 heavy (non-hydrogen) atoms. The van der Waals surface area contributed by atoms with Crippen molar-refractivity contribution in [3.8, 4) is 0 Å². The van der Waals surface area contributed by atoms with E-state index in [0.29, 0.717) is 0 Å². The molecule has 0 atom stereocenters. The maximum absolute atomic E-state index is 10.2. The van der Waals surface area contributed by atoms with Gasteiger partial charge >= 0.3 is 5.97 Å². The zero-order chi connectivity index (χ0) is 12.1. The van der Waals surface area contributed by atoms with Crippen molar-refractivity contribution in [1.82, 2.24) is 5.48 Å². The van der Waals surface area contributed by atoms with Crippen LogP contribution in [0.5, 0.6) is 0 Å². The van der Waals surface area contributed by atoms with E-state index >= 15 is 0 Å². The number of carbonyl (C=O) groups excluding carboxylic acids is 1. The van der Waals surface area contributed by atoms with Crippen molar-refractivity contribution in [2.45, 2.75) is 52.4 Å². The van der Waals surface area contributed by atoms with Gasteiger partial charge in [0, 0.05) is 12.8 Å². The third-order valence-electron chi connectivity index (χ3n) is 1.63. The first kappa shape index (κ1) is 16.3. The van der Waals surface area contributed by atoms with Gasteiger partial charge in [0.25, 0.3) is 0 Å². The Balaban J connectivity index is 0. The van der Waals surface area contributed by atoms with Crippen LogP contribution in [0.25, 0.3) is 0 Å². The molecule has 0 radical (unpaired) electrons. The van der Waals surface area contributed by atoms with Crippen LogP contribution in [0, 0.1) is 0 Å². The molecule has 0 aliphatic heterocycles. The first-order chi connectivity index (χ1) is 7.08. The third kappa shape index (κ3) is 19.3. The molecule has 0 bridgehead atoms. The molecular weight excluding hydrogens is 198 g/mol. The number of rotatable bonds is 6. The van der Waals surface area contributed by atoms with Crippen molar-refractivity contribution >= 4 is 11.9 Å². The normalized spacial score (nSPS) is 8.73. The second-order valence-electron chi connectivity index (χ2n) is 3.14. The van der Waals surface area contributed by atoms with E-state index in [1.807, 2.05) is 0 Å². The fraction of sp³-hybridized carbons (Fsp3) is 0.800. The standard InChI is InChI=1S/C5H9NO4.C5H12/c7-4(6-10)2-1-3-5(8)9;1-3-5-4-2/h10H,1-3H2,(H,6,7)(H,8,9);3-5H2,1-2H3. The Morgan fingerprint density at radius 1 is 1.07 bits per heavy atom. The Hall–Kier alpha value is -1.10. The second-order valence-corrected chi connectivity index (χ2v) is 3.14. The van der Waals surface area contributed by atoms with Crippen LogP contribution in [0.2, 0.25) is 0 Å². The summed E-state index contributed by atoms with van der Waals surface area (Å²) in [6, 6.07) is 0. The minimum Gasteiger partial charge on any atom is -0.481 e. The van der Waals surface area contributed by atoms with Gasteiger partial charge in [-0.25, -0.2) is 5.48 Å². The number of hydrogen-bond donors (Lipinski definition) is 3. The van der Waals surface area contributed by atoms with Crippen molar-refractivity contribution in [3.05, 3.63) is 0 Å². The van der Waals surface area contributed by atoms with Crippen LogP contribution < -0.4 is 5.48 Å². The van der Waals surface area contributed by atoms with Gasteiger partial charge in [0.2, 0.25) is 5.91 Å². The summed E-state index contributed by atoms with van der Waals surface area (Å²) in [5, 5.41) is 16.1. The Labute approximate surface area is 90.4 Å². The van der Waals surface area contributed by atoms with Crippen molar-refractivity contribution < 1.29 is 19.9 Å². The van der Waals surface area contributed by atoms with E-state index in [0.717, 1.165) is 0 Å². The Bertz CT molecular complexity index is 169. The van der Waals surface area contributed by atoms with E-state index in [1.54, 1.807) is 0 Å². The number of nitrogens with one attached hydrogen (secondary N) is 1. The van der Waals surface area contributed by atoms with E-state index in [4.69, 9.17) is 10.3 Å². The monoisotopic (exact) mass is 219 g/mol. The largest absolute Gasteiger partial charge is 0.481 e. The van der Waals surface area contributed by atoms with Crippen LogP contribution >= 0.6 is 0 Å².